The summed E-state index contributed by atoms with van der Waals surface area (Å²) in [5.41, 5.74) is 1.46. The summed E-state index contributed by atoms with van der Waals surface area (Å²) >= 11 is 5.92. The van der Waals surface area contributed by atoms with Gasteiger partial charge in [-0.05, 0) is 49.3 Å². The fraction of sp³-hybridized carbons (Fsp3) is 0.650. The number of rotatable bonds is 5. The highest BCUT2D eigenvalue weighted by molar-refractivity contribution is 6.30. The Kier molecular flexibility index (Phi) is 5.51. The number of likely N-dealkylation sites (tertiary alicyclic amines) is 2. The topological polar surface area (TPSA) is 23.6 Å². The first kappa shape index (κ1) is 17.8. The second-order valence-electron chi connectivity index (χ2n) is 7.86. The molecule has 2 aliphatic rings. The van der Waals surface area contributed by atoms with Gasteiger partial charge < -0.3 is 4.90 Å². The summed E-state index contributed by atoms with van der Waals surface area (Å²) < 4.78 is 0. The van der Waals surface area contributed by atoms with Crippen molar-refractivity contribution in [3.8, 4) is 0 Å². The second-order valence-corrected chi connectivity index (χ2v) is 8.30. The second kappa shape index (κ2) is 7.45. The lowest BCUT2D eigenvalue weighted by molar-refractivity contribution is -0.140. The fourth-order valence-electron chi connectivity index (χ4n) is 4.16. The van der Waals surface area contributed by atoms with E-state index in [9.17, 15) is 4.79 Å². The van der Waals surface area contributed by atoms with Crippen molar-refractivity contribution in [3.63, 3.8) is 0 Å². The van der Waals surface area contributed by atoms with Gasteiger partial charge in [-0.15, -0.1) is 0 Å². The first-order valence-electron chi connectivity index (χ1n) is 9.26. The molecule has 2 aliphatic heterocycles. The van der Waals surface area contributed by atoms with Crippen molar-refractivity contribution in [2.24, 2.45) is 5.92 Å². The monoisotopic (exact) mass is 348 g/mol. The molecule has 3 nitrogen and oxygen atoms in total. The molecule has 2 heterocycles. The summed E-state index contributed by atoms with van der Waals surface area (Å²) in [5, 5.41) is 0.748. The molecule has 3 rings (SSSR count). The molecular weight excluding hydrogens is 320 g/mol. The van der Waals surface area contributed by atoms with E-state index >= 15 is 0 Å². The van der Waals surface area contributed by atoms with Crippen LogP contribution < -0.4 is 0 Å². The number of benzene rings is 1. The molecule has 1 aromatic rings. The van der Waals surface area contributed by atoms with E-state index in [1.54, 1.807) is 0 Å². The van der Waals surface area contributed by atoms with Crippen LogP contribution in [0.4, 0.5) is 0 Å². The van der Waals surface area contributed by atoms with Crippen LogP contribution >= 0.6 is 11.6 Å². The van der Waals surface area contributed by atoms with E-state index in [4.69, 9.17) is 11.6 Å². The Morgan fingerprint density at radius 2 is 1.96 bits per heavy atom. The lowest BCUT2D eigenvalue weighted by atomic mass is 9.77. The Labute approximate surface area is 151 Å². The van der Waals surface area contributed by atoms with Crippen LogP contribution in [0.5, 0.6) is 0 Å². The molecule has 1 atom stereocenters. The van der Waals surface area contributed by atoms with Gasteiger partial charge in [0, 0.05) is 43.2 Å². The van der Waals surface area contributed by atoms with Crippen molar-refractivity contribution >= 4 is 17.5 Å². The van der Waals surface area contributed by atoms with Crippen LogP contribution in [0.1, 0.15) is 45.1 Å². The van der Waals surface area contributed by atoms with E-state index < -0.39 is 0 Å². The minimum absolute atomic E-state index is 0.276. The predicted octanol–water partition coefficient (Wildman–Crippen LogP) is 4.00. The van der Waals surface area contributed by atoms with Gasteiger partial charge in [0.15, 0.2) is 0 Å². The molecule has 0 saturated carbocycles. The molecule has 2 fully saturated rings. The van der Waals surface area contributed by atoms with E-state index in [0.29, 0.717) is 18.2 Å². The molecule has 0 aromatic heterocycles. The van der Waals surface area contributed by atoms with E-state index in [0.717, 1.165) is 37.5 Å². The Morgan fingerprint density at radius 3 is 2.58 bits per heavy atom. The third kappa shape index (κ3) is 3.94. The van der Waals surface area contributed by atoms with Crippen molar-refractivity contribution in [1.82, 2.24) is 9.80 Å². The van der Waals surface area contributed by atoms with Gasteiger partial charge in [-0.25, -0.2) is 0 Å². The summed E-state index contributed by atoms with van der Waals surface area (Å²) in [6.07, 6.45) is 5.04. The molecule has 2 saturated heterocycles. The van der Waals surface area contributed by atoms with Gasteiger partial charge in [0.2, 0.25) is 5.91 Å². The summed E-state index contributed by atoms with van der Waals surface area (Å²) in [7, 11) is 0. The molecular formula is C20H29ClN2O. The summed E-state index contributed by atoms with van der Waals surface area (Å²) in [6.45, 7) is 8.78. The van der Waals surface area contributed by atoms with Crippen LogP contribution in [-0.4, -0.2) is 47.4 Å². The lowest BCUT2D eigenvalue weighted by Gasteiger charge is -2.57. The van der Waals surface area contributed by atoms with Crippen molar-refractivity contribution < 1.29 is 4.79 Å². The Morgan fingerprint density at radius 1 is 1.21 bits per heavy atom. The van der Waals surface area contributed by atoms with Crippen LogP contribution in [0.25, 0.3) is 0 Å². The van der Waals surface area contributed by atoms with Crippen LogP contribution in [0.3, 0.4) is 0 Å². The molecule has 4 heteroatoms. The third-order valence-corrected chi connectivity index (χ3v) is 5.80. The first-order chi connectivity index (χ1) is 11.5. The number of carbonyl (C=O) groups is 1. The van der Waals surface area contributed by atoms with Gasteiger partial charge in [-0.2, -0.15) is 0 Å². The third-order valence-electron chi connectivity index (χ3n) is 5.55. The van der Waals surface area contributed by atoms with Gasteiger partial charge in [0.05, 0.1) is 0 Å². The molecule has 0 bridgehead atoms. The lowest BCUT2D eigenvalue weighted by Crippen LogP contribution is -2.67. The maximum absolute atomic E-state index is 12.7. The number of aryl methyl sites for hydroxylation is 1. The Bertz CT molecular complexity index is 572. The van der Waals surface area contributed by atoms with Gasteiger partial charge in [0.25, 0.3) is 0 Å². The van der Waals surface area contributed by atoms with Gasteiger partial charge in [-0.1, -0.05) is 37.6 Å². The molecule has 0 unspecified atom stereocenters. The highest BCUT2D eigenvalue weighted by Gasteiger charge is 2.47. The number of halogens is 1. The number of nitrogens with zero attached hydrogens (tertiary/aromatic N) is 2. The maximum atomic E-state index is 12.7. The highest BCUT2D eigenvalue weighted by Crippen LogP contribution is 2.39. The maximum Gasteiger partial charge on any atom is 0.222 e. The van der Waals surface area contributed by atoms with Crippen molar-refractivity contribution in [2.45, 2.75) is 51.5 Å². The first-order valence-corrected chi connectivity index (χ1v) is 9.64. The number of amides is 1. The molecule has 0 radical (unpaired) electrons. The van der Waals surface area contributed by atoms with E-state index in [-0.39, 0.29) is 5.54 Å². The zero-order valence-electron chi connectivity index (χ0n) is 14.9. The van der Waals surface area contributed by atoms with Crippen LogP contribution in [-0.2, 0) is 11.2 Å². The van der Waals surface area contributed by atoms with Crippen molar-refractivity contribution in [2.75, 3.05) is 26.2 Å². The Hall–Kier alpha value is -1.06. The Balaban J connectivity index is 1.54. The molecule has 24 heavy (non-hydrogen) atoms. The van der Waals surface area contributed by atoms with Crippen LogP contribution in [0, 0.1) is 5.92 Å². The average molecular weight is 349 g/mol. The quantitative estimate of drug-likeness (QED) is 0.803. The van der Waals surface area contributed by atoms with E-state index in [1.165, 1.54) is 24.9 Å². The number of hydrogen-bond acceptors (Lipinski definition) is 2. The minimum Gasteiger partial charge on any atom is -0.341 e. The normalized spacial score (nSPS) is 24.4. The number of carbonyl (C=O) groups excluding carboxylic acids is 1. The number of hydrogen-bond donors (Lipinski definition) is 0. The van der Waals surface area contributed by atoms with E-state index in [2.05, 4.69) is 23.6 Å². The summed E-state index contributed by atoms with van der Waals surface area (Å²) in [6, 6.07) is 7.83. The van der Waals surface area contributed by atoms with Crippen molar-refractivity contribution in [3.05, 3.63) is 34.9 Å². The summed E-state index contributed by atoms with van der Waals surface area (Å²) in [5.74, 6) is 0.999. The number of piperidine rings is 1. The molecule has 1 aromatic carbocycles. The molecule has 0 aliphatic carbocycles. The molecule has 1 spiro atoms. The largest absolute Gasteiger partial charge is 0.341 e. The van der Waals surface area contributed by atoms with Crippen LogP contribution in [0.15, 0.2) is 24.3 Å². The molecule has 0 N–H and O–H groups in total. The van der Waals surface area contributed by atoms with Crippen molar-refractivity contribution in [1.29, 1.82) is 0 Å². The summed E-state index contributed by atoms with van der Waals surface area (Å²) in [4.78, 5) is 17.4. The van der Waals surface area contributed by atoms with Gasteiger partial charge in [0.1, 0.15) is 0 Å². The van der Waals surface area contributed by atoms with Gasteiger partial charge >= 0.3 is 0 Å². The predicted molar refractivity (Wildman–Crippen MR) is 99.3 cm³/mol. The minimum atomic E-state index is 0.276. The molecule has 1 amide bonds. The average Bonchev–Trinajstić information content (AvgIpc) is 2.58. The smallest absolute Gasteiger partial charge is 0.222 e. The SMILES string of the molecule is CC(C)CN1CC[C@@]12CCCN(C(=O)CCc1ccc(Cl)cc1)C2. The van der Waals surface area contributed by atoms with Crippen LogP contribution in [0.2, 0.25) is 5.02 Å². The zero-order chi connectivity index (χ0) is 17.2. The fourth-order valence-corrected chi connectivity index (χ4v) is 4.29. The highest BCUT2D eigenvalue weighted by atomic mass is 35.5. The standard InChI is InChI=1S/C20H29ClN2O/c1-16(2)14-23-13-11-20(23)10-3-12-22(15-20)19(24)9-6-17-4-7-18(21)8-5-17/h4-5,7-8,16H,3,6,9-15H2,1-2H3/t20-/m1/s1. The molecule has 132 valence electrons. The zero-order valence-corrected chi connectivity index (χ0v) is 15.7. The van der Waals surface area contributed by atoms with E-state index in [1.807, 2.05) is 24.3 Å². The van der Waals surface area contributed by atoms with Gasteiger partial charge in [-0.3, -0.25) is 9.69 Å².